The summed E-state index contributed by atoms with van der Waals surface area (Å²) < 4.78 is 5.06. The average Bonchev–Trinajstić information content (AvgIpc) is 2.49. The summed E-state index contributed by atoms with van der Waals surface area (Å²) in [5, 5.41) is 0. The molecular formula is C15H17N3O2. The molecule has 1 aromatic heterocycles. The summed E-state index contributed by atoms with van der Waals surface area (Å²) in [6.45, 7) is 0.351. The van der Waals surface area contributed by atoms with Gasteiger partial charge in [0.1, 0.15) is 0 Å². The summed E-state index contributed by atoms with van der Waals surface area (Å²) in [5.41, 5.74) is 8.15. The molecule has 2 N–H and O–H groups in total. The lowest BCUT2D eigenvalue weighted by Gasteiger charge is -2.18. The van der Waals surface area contributed by atoms with Crippen LogP contribution in [0.4, 0.5) is 11.4 Å². The number of para-hydroxylation sites is 1. The largest absolute Gasteiger partial charge is 0.397 e. The van der Waals surface area contributed by atoms with Gasteiger partial charge in [-0.05, 0) is 18.2 Å². The van der Waals surface area contributed by atoms with Crippen LogP contribution >= 0.6 is 0 Å². The third kappa shape index (κ3) is 2.78. The molecule has 2 rings (SSSR count). The lowest BCUT2D eigenvalue weighted by atomic mass is 10.1. The SMILES string of the molecule is COCc1ccnc(C(=O)N(C)c2ccccc2)c1N. The predicted molar refractivity (Wildman–Crippen MR) is 78.5 cm³/mol. The van der Waals surface area contributed by atoms with Crippen molar-refractivity contribution in [3.63, 3.8) is 0 Å². The minimum atomic E-state index is -0.244. The van der Waals surface area contributed by atoms with Crippen LogP contribution in [0.25, 0.3) is 0 Å². The number of nitrogen functional groups attached to an aromatic ring is 1. The number of carbonyl (C=O) groups excluding carboxylic acids is 1. The zero-order valence-electron chi connectivity index (χ0n) is 11.5. The van der Waals surface area contributed by atoms with E-state index in [2.05, 4.69) is 4.98 Å². The predicted octanol–water partition coefficient (Wildman–Crippen LogP) is 2.09. The van der Waals surface area contributed by atoms with Gasteiger partial charge in [0.25, 0.3) is 5.91 Å². The van der Waals surface area contributed by atoms with Crippen molar-refractivity contribution in [2.75, 3.05) is 24.8 Å². The van der Waals surface area contributed by atoms with Crippen LogP contribution in [0.2, 0.25) is 0 Å². The van der Waals surface area contributed by atoms with Gasteiger partial charge in [-0.15, -0.1) is 0 Å². The van der Waals surface area contributed by atoms with Gasteiger partial charge in [0.05, 0.1) is 12.3 Å². The number of hydrogen-bond acceptors (Lipinski definition) is 4. The molecule has 104 valence electrons. The fourth-order valence-electron chi connectivity index (χ4n) is 1.89. The number of anilines is 2. The zero-order valence-corrected chi connectivity index (χ0v) is 11.5. The van der Waals surface area contributed by atoms with Crippen molar-refractivity contribution in [1.82, 2.24) is 4.98 Å². The van der Waals surface area contributed by atoms with Crippen LogP contribution in [-0.2, 0) is 11.3 Å². The Bertz CT molecular complexity index is 599. The molecule has 1 heterocycles. The summed E-state index contributed by atoms with van der Waals surface area (Å²) in [4.78, 5) is 18.1. The maximum absolute atomic E-state index is 12.5. The first-order chi connectivity index (χ1) is 9.65. The van der Waals surface area contributed by atoms with Gasteiger partial charge in [0.15, 0.2) is 5.69 Å². The van der Waals surface area contributed by atoms with Gasteiger partial charge in [0.2, 0.25) is 0 Å². The number of aromatic nitrogens is 1. The highest BCUT2D eigenvalue weighted by atomic mass is 16.5. The number of nitrogens with two attached hydrogens (primary N) is 1. The molecule has 2 aromatic rings. The topological polar surface area (TPSA) is 68.5 Å². The molecule has 0 aliphatic carbocycles. The molecule has 20 heavy (non-hydrogen) atoms. The van der Waals surface area contributed by atoms with E-state index in [4.69, 9.17) is 10.5 Å². The number of nitrogens with zero attached hydrogens (tertiary/aromatic N) is 2. The molecule has 0 aliphatic rings. The van der Waals surface area contributed by atoms with E-state index in [0.29, 0.717) is 12.3 Å². The molecule has 0 spiro atoms. The standard InChI is InChI=1S/C15H17N3O2/c1-18(12-6-4-3-5-7-12)15(19)14-13(16)11(10-20-2)8-9-17-14/h3-9H,10,16H2,1-2H3. The summed E-state index contributed by atoms with van der Waals surface area (Å²) in [6, 6.07) is 11.1. The Labute approximate surface area is 118 Å². The van der Waals surface area contributed by atoms with E-state index < -0.39 is 0 Å². The fraction of sp³-hybridized carbons (Fsp3) is 0.200. The number of pyridine rings is 1. The lowest BCUT2D eigenvalue weighted by molar-refractivity contribution is 0.0989. The van der Waals surface area contributed by atoms with Crippen LogP contribution in [-0.4, -0.2) is 25.0 Å². The second kappa shape index (κ2) is 6.16. The van der Waals surface area contributed by atoms with Crippen molar-refractivity contribution >= 4 is 17.3 Å². The second-order valence-electron chi connectivity index (χ2n) is 4.37. The fourth-order valence-corrected chi connectivity index (χ4v) is 1.89. The highest BCUT2D eigenvalue weighted by Crippen LogP contribution is 2.20. The molecule has 1 amide bonds. The monoisotopic (exact) mass is 271 g/mol. The molecule has 0 radical (unpaired) electrons. The molecule has 5 heteroatoms. The van der Waals surface area contributed by atoms with Crippen LogP contribution in [0.3, 0.4) is 0 Å². The van der Waals surface area contributed by atoms with Gasteiger partial charge in [-0.3, -0.25) is 4.79 Å². The summed E-state index contributed by atoms with van der Waals surface area (Å²) in [6.07, 6.45) is 1.57. The van der Waals surface area contributed by atoms with Crippen LogP contribution in [0, 0.1) is 0 Å². The highest BCUT2D eigenvalue weighted by Gasteiger charge is 2.19. The van der Waals surface area contributed by atoms with Crippen molar-refractivity contribution in [1.29, 1.82) is 0 Å². The number of amides is 1. The van der Waals surface area contributed by atoms with E-state index in [1.807, 2.05) is 30.3 Å². The first kappa shape index (κ1) is 14.0. The Morgan fingerprint density at radius 3 is 2.65 bits per heavy atom. The van der Waals surface area contributed by atoms with Crippen molar-refractivity contribution < 1.29 is 9.53 Å². The van der Waals surface area contributed by atoms with Gasteiger partial charge < -0.3 is 15.4 Å². The van der Waals surface area contributed by atoms with Crippen LogP contribution in [0.5, 0.6) is 0 Å². The van der Waals surface area contributed by atoms with Crippen molar-refractivity contribution in [3.05, 3.63) is 53.9 Å². The number of methoxy groups -OCH3 is 1. The van der Waals surface area contributed by atoms with Crippen LogP contribution in [0.15, 0.2) is 42.6 Å². The van der Waals surface area contributed by atoms with E-state index in [1.54, 1.807) is 26.4 Å². The Kier molecular flexibility index (Phi) is 4.32. The zero-order chi connectivity index (χ0) is 14.5. The Hall–Kier alpha value is -2.40. The molecular weight excluding hydrogens is 254 g/mol. The van der Waals surface area contributed by atoms with E-state index in [1.165, 1.54) is 4.90 Å². The molecule has 0 atom stereocenters. The minimum Gasteiger partial charge on any atom is -0.397 e. The average molecular weight is 271 g/mol. The Balaban J connectivity index is 2.32. The van der Waals surface area contributed by atoms with Gasteiger partial charge in [-0.25, -0.2) is 4.98 Å². The molecule has 0 saturated carbocycles. The van der Waals surface area contributed by atoms with Crippen LogP contribution < -0.4 is 10.6 Å². The normalized spacial score (nSPS) is 10.3. The van der Waals surface area contributed by atoms with Gasteiger partial charge in [-0.2, -0.15) is 0 Å². The molecule has 5 nitrogen and oxygen atoms in total. The van der Waals surface area contributed by atoms with Gasteiger partial charge in [-0.1, -0.05) is 18.2 Å². The molecule has 0 saturated heterocycles. The second-order valence-corrected chi connectivity index (χ2v) is 4.37. The van der Waals surface area contributed by atoms with E-state index >= 15 is 0 Å². The number of carbonyl (C=O) groups is 1. The quantitative estimate of drug-likeness (QED) is 0.924. The van der Waals surface area contributed by atoms with Crippen molar-refractivity contribution in [3.8, 4) is 0 Å². The highest BCUT2D eigenvalue weighted by molar-refractivity contribution is 6.07. The third-order valence-electron chi connectivity index (χ3n) is 3.03. The van der Waals surface area contributed by atoms with Crippen molar-refractivity contribution in [2.24, 2.45) is 0 Å². The third-order valence-corrected chi connectivity index (χ3v) is 3.03. The van der Waals surface area contributed by atoms with Crippen LogP contribution in [0.1, 0.15) is 16.1 Å². The number of hydrogen-bond donors (Lipinski definition) is 1. The summed E-state index contributed by atoms with van der Waals surface area (Å²) in [7, 11) is 3.28. The maximum Gasteiger partial charge on any atom is 0.278 e. The summed E-state index contributed by atoms with van der Waals surface area (Å²) in [5.74, 6) is -0.244. The van der Waals surface area contributed by atoms with E-state index in [0.717, 1.165) is 11.3 Å². The van der Waals surface area contributed by atoms with Gasteiger partial charge in [0, 0.05) is 31.6 Å². The summed E-state index contributed by atoms with van der Waals surface area (Å²) >= 11 is 0. The first-order valence-electron chi connectivity index (χ1n) is 6.20. The minimum absolute atomic E-state index is 0.242. The number of benzene rings is 1. The lowest BCUT2D eigenvalue weighted by Crippen LogP contribution is -2.28. The van der Waals surface area contributed by atoms with Gasteiger partial charge >= 0.3 is 0 Å². The number of ether oxygens (including phenoxy) is 1. The van der Waals surface area contributed by atoms with E-state index in [-0.39, 0.29) is 11.6 Å². The Morgan fingerprint density at radius 2 is 2.00 bits per heavy atom. The smallest absolute Gasteiger partial charge is 0.278 e. The molecule has 0 unspecified atom stereocenters. The molecule has 0 fully saturated rings. The first-order valence-corrected chi connectivity index (χ1v) is 6.20. The maximum atomic E-state index is 12.5. The molecule has 0 bridgehead atoms. The van der Waals surface area contributed by atoms with E-state index in [9.17, 15) is 4.79 Å². The molecule has 0 aliphatic heterocycles. The van der Waals surface area contributed by atoms with Crippen molar-refractivity contribution in [2.45, 2.75) is 6.61 Å². The Morgan fingerprint density at radius 1 is 1.30 bits per heavy atom. The molecule has 1 aromatic carbocycles. The number of rotatable bonds is 4.